The van der Waals surface area contributed by atoms with E-state index in [2.05, 4.69) is 10.1 Å². The maximum absolute atomic E-state index is 12.6. The molecule has 1 saturated carbocycles. The number of nitrogens with zero attached hydrogens (tertiary/aromatic N) is 3. The monoisotopic (exact) mass is 291 g/mol. The fourth-order valence-corrected chi connectivity index (χ4v) is 2.90. The maximum Gasteiger partial charge on any atom is 0.391 e. The second kappa shape index (κ2) is 6.11. The molecule has 1 aliphatic carbocycles. The van der Waals surface area contributed by atoms with Crippen molar-refractivity contribution in [2.75, 3.05) is 0 Å². The van der Waals surface area contributed by atoms with Crippen molar-refractivity contribution in [1.82, 2.24) is 14.8 Å². The molecule has 0 radical (unpaired) electrons. The number of alkyl halides is 3. The molecule has 2 rings (SSSR count). The van der Waals surface area contributed by atoms with Gasteiger partial charge in [0, 0.05) is 13.0 Å². The number of aliphatic hydroxyl groups excluding tert-OH is 1. The largest absolute Gasteiger partial charge is 0.392 e. The molecule has 20 heavy (non-hydrogen) atoms. The van der Waals surface area contributed by atoms with Crippen molar-refractivity contribution in [1.29, 1.82) is 0 Å². The molecule has 0 amide bonds. The summed E-state index contributed by atoms with van der Waals surface area (Å²) in [6.45, 7) is 2.60. The summed E-state index contributed by atoms with van der Waals surface area (Å²) >= 11 is 0. The molecule has 1 aromatic heterocycles. The van der Waals surface area contributed by atoms with Crippen LogP contribution < -0.4 is 0 Å². The predicted molar refractivity (Wildman–Crippen MR) is 66.9 cm³/mol. The highest BCUT2D eigenvalue weighted by Gasteiger charge is 2.42. The van der Waals surface area contributed by atoms with Gasteiger partial charge in [-0.15, -0.1) is 0 Å². The first-order valence-electron chi connectivity index (χ1n) is 7.03. The zero-order valence-electron chi connectivity index (χ0n) is 11.5. The van der Waals surface area contributed by atoms with E-state index < -0.39 is 18.2 Å². The Hall–Kier alpha value is -1.11. The van der Waals surface area contributed by atoms with Crippen molar-refractivity contribution in [3.05, 3.63) is 12.2 Å². The first-order chi connectivity index (χ1) is 9.41. The Balaban J connectivity index is 1.87. The number of hydrogen-bond donors (Lipinski definition) is 1. The summed E-state index contributed by atoms with van der Waals surface area (Å²) in [5, 5.41) is 14.2. The molecule has 1 atom stereocenters. The summed E-state index contributed by atoms with van der Waals surface area (Å²) < 4.78 is 39.5. The van der Waals surface area contributed by atoms with E-state index in [-0.39, 0.29) is 18.8 Å². The van der Waals surface area contributed by atoms with Crippen LogP contribution in [0.5, 0.6) is 0 Å². The van der Waals surface area contributed by atoms with Crippen LogP contribution in [0.4, 0.5) is 13.2 Å². The molecule has 1 aliphatic rings. The molecule has 1 fully saturated rings. The molecule has 1 N–H and O–H groups in total. The Morgan fingerprint density at radius 3 is 2.55 bits per heavy atom. The van der Waals surface area contributed by atoms with Crippen LogP contribution in [-0.4, -0.2) is 32.2 Å². The zero-order chi connectivity index (χ0) is 14.8. The third kappa shape index (κ3) is 3.50. The van der Waals surface area contributed by atoms with Gasteiger partial charge in [0.15, 0.2) is 0 Å². The highest BCUT2D eigenvalue weighted by molar-refractivity contribution is 4.91. The molecule has 1 heterocycles. The van der Waals surface area contributed by atoms with Gasteiger partial charge in [0.25, 0.3) is 0 Å². The molecule has 0 aliphatic heterocycles. The lowest BCUT2D eigenvalue weighted by atomic mass is 9.78. The van der Waals surface area contributed by atoms with Crippen molar-refractivity contribution < 1.29 is 18.3 Å². The van der Waals surface area contributed by atoms with Crippen LogP contribution in [0.1, 0.15) is 38.4 Å². The van der Waals surface area contributed by atoms with Crippen molar-refractivity contribution in [3.8, 4) is 0 Å². The van der Waals surface area contributed by atoms with Gasteiger partial charge in [0.05, 0.1) is 12.0 Å². The van der Waals surface area contributed by atoms with E-state index in [1.165, 1.54) is 6.33 Å². The zero-order valence-corrected chi connectivity index (χ0v) is 11.5. The third-order valence-corrected chi connectivity index (χ3v) is 4.17. The molecule has 1 unspecified atom stereocenters. The summed E-state index contributed by atoms with van der Waals surface area (Å²) in [7, 11) is 0. The topological polar surface area (TPSA) is 50.9 Å². The molecule has 0 saturated heterocycles. The highest BCUT2D eigenvalue weighted by atomic mass is 19.4. The van der Waals surface area contributed by atoms with E-state index in [1.807, 2.05) is 6.92 Å². The smallest absolute Gasteiger partial charge is 0.391 e. The van der Waals surface area contributed by atoms with Gasteiger partial charge in [-0.1, -0.05) is 0 Å². The van der Waals surface area contributed by atoms with Crippen LogP contribution in [0.25, 0.3) is 0 Å². The number of aromatic nitrogens is 3. The van der Waals surface area contributed by atoms with Crippen molar-refractivity contribution >= 4 is 0 Å². The summed E-state index contributed by atoms with van der Waals surface area (Å²) in [5.41, 5.74) is 0. The van der Waals surface area contributed by atoms with E-state index in [1.54, 1.807) is 4.68 Å². The minimum atomic E-state index is -4.10. The molecule has 0 spiro atoms. The molecule has 7 heteroatoms. The minimum Gasteiger partial charge on any atom is -0.392 e. The Morgan fingerprint density at radius 1 is 1.35 bits per heavy atom. The molecular formula is C13H20F3N3O. The summed E-state index contributed by atoms with van der Waals surface area (Å²) in [6.07, 6.45) is -1.87. The molecule has 1 aromatic rings. The van der Waals surface area contributed by atoms with Crippen molar-refractivity contribution in [2.24, 2.45) is 11.8 Å². The van der Waals surface area contributed by atoms with Crippen LogP contribution in [0.3, 0.4) is 0 Å². The second-order valence-corrected chi connectivity index (χ2v) is 5.42. The van der Waals surface area contributed by atoms with E-state index >= 15 is 0 Å². The number of aliphatic hydroxyl groups is 1. The Morgan fingerprint density at radius 2 is 2.00 bits per heavy atom. The van der Waals surface area contributed by atoms with Gasteiger partial charge in [-0.05, 0) is 38.5 Å². The van der Waals surface area contributed by atoms with Gasteiger partial charge in [-0.2, -0.15) is 18.3 Å². The van der Waals surface area contributed by atoms with E-state index in [0.717, 1.165) is 0 Å². The van der Waals surface area contributed by atoms with Gasteiger partial charge in [-0.3, -0.25) is 4.68 Å². The summed E-state index contributed by atoms with van der Waals surface area (Å²) in [4.78, 5) is 4.09. The SMILES string of the molecule is CCn1ncnc1CC(O)C1CCC(C(F)(F)F)CC1. The first kappa shape index (κ1) is 15.3. The minimum absolute atomic E-state index is 0.0735. The number of hydrogen-bond acceptors (Lipinski definition) is 3. The standard InChI is InChI=1S/C13H20F3N3O/c1-2-19-12(17-8-18-19)7-11(20)9-3-5-10(6-4-9)13(14,15)16/h8-11,20H,2-7H2,1H3. The lowest BCUT2D eigenvalue weighted by Crippen LogP contribution is -2.33. The van der Waals surface area contributed by atoms with Crippen molar-refractivity contribution in [3.63, 3.8) is 0 Å². The van der Waals surface area contributed by atoms with Gasteiger partial charge in [-0.25, -0.2) is 4.98 Å². The number of halogens is 3. The van der Waals surface area contributed by atoms with Crippen molar-refractivity contribution in [2.45, 2.75) is 57.9 Å². The van der Waals surface area contributed by atoms with Crippen LogP contribution >= 0.6 is 0 Å². The summed E-state index contributed by atoms with van der Waals surface area (Å²) in [5.74, 6) is -0.584. The van der Waals surface area contributed by atoms with Crippen LogP contribution in [0.2, 0.25) is 0 Å². The van der Waals surface area contributed by atoms with Gasteiger partial charge >= 0.3 is 6.18 Å². The average Bonchev–Trinajstić information content (AvgIpc) is 2.85. The lowest BCUT2D eigenvalue weighted by Gasteiger charge is -2.32. The normalized spacial score (nSPS) is 25.6. The Labute approximate surface area is 116 Å². The van der Waals surface area contributed by atoms with E-state index in [9.17, 15) is 18.3 Å². The lowest BCUT2D eigenvalue weighted by molar-refractivity contribution is -0.185. The maximum atomic E-state index is 12.6. The van der Waals surface area contributed by atoms with E-state index in [4.69, 9.17) is 0 Å². The summed E-state index contributed by atoms with van der Waals surface area (Å²) in [6, 6.07) is 0. The average molecular weight is 291 g/mol. The molecule has 4 nitrogen and oxygen atoms in total. The second-order valence-electron chi connectivity index (χ2n) is 5.42. The first-order valence-corrected chi connectivity index (χ1v) is 7.03. The predicted octanol–water partition coefficient (Wildman–Crippen LogP) is 2.57. The number of rotatable bonds is 4. The van der Waals surface area contributed by atoms with Crippen LogP contribution in [-0.2, 0) is 13.0 Å². The molecule has 0 bridgehead atoms. The fraction of sp³-hybridized carbons (Fsp3) is 0.846. The Kier molecular flexibility index (Phi) is 4.67. The fourth-order valence-electron chi connectivity index (χ4n) is 2.90. The van der Waals surface area contributed by atoms with E-state index in [0.29, 0.717) is 31.6 Å². The molecule has 0 aromatic carbocycles. The molecule has 114 valence electrons. The third-order valence-electron chi connectivity index (χ3n) is 4.17. The van der Waals surface area contributed by atoms with Crippen LogP contribution in [0.15, 0.2) is 6.33 Å². The van der Waals surface area contributed by atoms with Gasteiger partial charge in [0.2, 0.25) is 0 Å². The Bertz CT molecular complexity index is 425. The highest BCUT2D eigenvalue weighted by Crippen LogP contribution is 2.40. The van der Waals surface area contributed by atoms with Gasteiger partial charge in [0.1, 0.15) is 12.2 Å². The van der Waals surface area contributed by atoms with Gasteiger partial charge < -0.3 is 5.11 Å². The quantitative estimate of drug-likeness (QED) is 0.927. The van der Waals surface area contributed by atoms with Crippen LogP contribution in [0, 0.1) is 11.8 Å². The number of aryl methyl sites for hydroxylation is 1. The molecular weight excluding hydrogens is 271 g/mol.